The van der Waals surface area contributed by atoms with Gasteiger partial charge in [-0.2, -0.15) is 5.10 Å². The summed E-state index contributed by atoms with van der Waals surface area (Å²) in [7, 11) is 0. The number of hydrogen-bond acceptors (Lipinski definition) is 4. The molecule has 7 heteroatoms. The molecule has 26 heavy (non-hydrogen) atoms. The minimum atomic E-state index is -0.454. The fourth-order valence-electron chi connectivity index (χ4n) is 3.40. The van der Waals surface area contributed by atoms with Crippen LogP contribution in [-0.4, -0.2) is 44.8 Å². The Morgan fingerprint density at radius 2 is 2.12 bits per heavy atom. The van der Waals surface area contributed by atoms with Crippen LogP contribution < -0.4 is 4.74 Å². The van der Waals surface area contributed by atoms with Crippen molar-refractivity contribution in [2.45, 2.75) is 52.2 Å². The highest BCUT2D eigenvalue weighted by atomic mass is 19.1. The number of piperidine rings is 1. The van der Waals surface area contributed by atoms with Gasteiger partial charge in [0.1, 0.15) is 6.10 Å². The van der Waals surface area contributed by atoms with Crippen LogP contribution in [0.1, 0.15) is 43.6 Å². The molecular weight excluding hydrogens is 335 g/mol. The summed E-state index contributed by atoms with van der Waals surface area (Å²) in [6.07, 6.45) is 3.17. The van der Waals surface area contributed by atoms with Crippen LogP contribution in [0.2, 0.25) is 0 Å². The van der Waals surface area contributed by atoms with Gasteiger partial charge in [-0.1, -0.05) is 0 Å². The topological polar surface area (TPSA) is 60.2 Å². The third kappa shape index (κ3) is 4.20. The summed E-state index contributed by atoms with van der Waals surface area (Å²) in [5, 5.41) is 4.46. The second-order valence-electron chi connectivity index (χ2n) is 6.91. The maximum Gasteiger partial charge on any atom is 0.250 e. The lowest BCUT2D eigenvalue weighted by molar-refractivity contribution is -0.133. The molecule has 3 heterocycles. The molecule has 0 aliphatic carbocycles. The molecule has 0 radical (unpaired) electrons. The molecule has 2 aromatic rings. The van der Waals surface area contributed by atoms with Crippen LogP contribution in [0.5, 0.6) is 5.88 Å². The Hall–Kier alpha value is -2.44. The maximum absolute atomic E-state index is 13.6. The molecule has 1 unspecified atom stereocenters. The number of aromatic nitrogens is 3. The summed E-state index contributed by atoms with van der Waals surface area (Å²) >= 11 is 0. The van der Waals surface area contributed by atoms with E-state index in [1.807, 2.05) is 36.4 Å². The summed E-state index contributed by atoms with van der Waals surface area (Å²) < 4.78 is 21.2. The first-order valence-corrected chi connectivity index (χ1v) is 9.01. The highest BCUT2D eigenvalue weighted by Gasteiger charge is 2.26. The van der Waals surface area contributed by atoms with Crippen LogP contribution in [0.25, 0.3) is 0 Å². The van der Waals surface area contributed by atoms with Crippen LogP contribution in [0.4, 0.5) is 4.39 Å². The second-order valence-corrected chi connectivity index (χ2v) is 6.91. The van der Waals surface area contributed by atoms with E-state index >= 15 is 0 Å². The van der Waals surface area contributed by atoms with Gasteiger partial charge in [0.2, 0.25) is 5.91 Å². The monoisotopic (exact) mass is 360 g/mol. The molecule has 1 amide bonds. The van der Waals surface area contributed by atoms with Gasteiger partial charge in [0, 0.05) is 44.2 Å². The van der Waals surface area contributed by atoms with E-state index in [2.05, 4.69) is 10.1 Å². The number of aryl methyl sites for hydroxylation is 2. The van der Waals surface area contributed by atoms with E-state index in [1.54, 1.807) is 0 Å². The zero-order chi connectivity index (χ0) is 18.7. The number of nitrogens with zero attached hydrogens (tertiary/aromatic N) is 4. The minimum absolute atomic E-state index is 0.0211. The second kappa shape index (κ2) is 7.85. The zero-order valence-electron chi connectivity index (χ0n) is 15.5. The molecule has 1 saturated heterocycles. The quantitative estimate of drug-likeness (QED) is 0.822. The fourth-order valence-corrected chi connectivity index (χ4v) is 3.40. The van der Waals surface area contributed by atoms with Crippen LogP contribution in [0.15, 0.2) is 24.4 Å². The van der Waals surface area contributed by atoms with Gasteiger partial charge >= 0.3 is 0 Å². The summed E-state index contributed by atoms with van der Waals surface area (Å²) in [5.74, 6) is -0.298. The van der Waals surface area contributed by atoms with Gasteiger partial charge in [-0.15, -0.1) is 0 Å². The van der Waals surface area contributed by atoms with Crippen molar-refractivity contribution in [2.75, 3.05) is 13.1 Å². The fraction of sp³-hybridized carbons (Fsp3) is 0.526. The Bertz CT molecular complexity index is 769. The van der Waals surface area contributed by atoms with E-state index in [-0.39, 0.29) is 23.9 Å². The maximum atomic E-state index is 13.6. The number of likely N-dealkylation sites (tertiary alicyclic amines) is 1. The van der Waals surface area contributed by atoms with E-state index in [4.69, 9.17) is 4.74 Å². The number of rotatable bonds is 5. The Balaban J connectivity index is 1.50. The number of amides is 1. The first-order valence-electron chi connectivity index (χ1n) is 9.01. The third-order valence-corrected chi connectivity index (χ3v) is 4.73. The molecule has 0 N–H and O–H groups in total. The predicted octanol–water partition coefficient (Wildman–Crippen LogP) is 3.06. The Kier molecular flexibility index (Phi) is 5.54. The average molecular weight is 360 g/mol. The third-order valence-electron chi connectivity index (χ3n) is 4.73. The van der Waals surface area contributed by atoms with Crippen molar-refractivity contribution in [3.05, 3.63) is 41.6 Å². The number of halogens is 1. The molecule has 6 nitrogen and oxygen atoms in total. The van der Waals surface area contributed by atoms with Crippen molar-refractivity contribution in [2.24, 2.45) is 0 Å². The Labute approximate surface area is 153 Å². The molecule has 2 aromatic heterocycles. The lowest BCUT2D eigenvalue weighted by atomic mass is 10.1. The van der Waals surface area contributed by atoms with Gasteiger partial charge in [-0.25, -0.2) is 9.37 Å². The van der Waals surface area contributed by atoms with Gasteiger partial charge in [0.25, 0.3) is 5.88 Å². The zero-order valence-corrected chi connectivity index (χ0v) is 15.5. The Morgan fingerprint density at radius 3 is 2.73 bits per heavy atom. The molecule has 3 rings (SSSR count). The number of pyridine rings is 1. The van der Waals surface area contributed by atoms with E-state index in [1.165, 1.54) is 18.3 Å². The lowest BCUT2D eigenvalue weighted by Gasteiger charge is -2.32. The summed E-state index contributed by atoms with van der Waals surface area (Å²) in [6, 6.07) is 4.91. The molecule has 140 valence electrons. The Morgan fingerprint density at radius 1 is 1.38 bits per heavy atom. The first-order chi connectivity index (χ1) is 12.4. The first kappa shape index (κ1) is 18.4. The van der Waals surface area contributed by atoms with Gasteiger partial charge in [-0.05, 0) is 39.0 Å². The molecule has 1 fully saturated rings. The molecule has 0 spiro atoms. The van der Waals surface area contributed by atoms with Crippen LogP contribution >= 0.6 is 0 Å². The van der Waals surface area contributed by atoms with Crippen molar-refractivity contribution in [1.82, 2.24) is 19.7 Å². The van der Waals surface area contributed by atoms with E-state index in [0.29, 0.717) is 32.4 Å². The normalized spacial score (nSPS) is 16.5. The molecule has 1 aliphatic rings. The molecule has 1 atom stereocenters. The summed E-state index contributed by atoms with van der Waals surface area (Å²) in [6.45, 7) is 7.19. The van der Waals surface area contributed by atoms with Gasteiger partial charge < -0.3 is 9.64 Å². The highest BCUT2D eigenvalue weighted by molar-refractivity contribution is 5.76. The summed E-state index contributed by atoms with van der Waals surface area (Å²) in [5.41, 5.74) is 2.02. The molecule has 1 aliphatic heterocycles. The number of ether oxygens (including phenoxy) is 1. The van der Waals surface area contributed by atoms with E-state index in [0.717, 1.165) is 11.4 Å². The highest BCUT2D eigenvalue weighted by Crippen LogP contribution is 2.21. The van der Waals surface area contributed by atoms with Crippen molar-refractivity contribution in [1.29, 1.82) is 0 Å². The average Bonchev–Trinajstić information content (AvgIpc) is 2.96. The molecule has 0 saturated carbocycles. The number of carbonyl (C=O) groups excluding carboxylic acids is 1. The smallest absolute Gasteiger partial charge is 0.250 e. The van der Waals surface area contributed by atoms with Crippen LogP contribution in [0, 0.1) is 19.7 Å². The number of carbonyl (C=O) groups is 1. The van der Waals surface area contributed by atoms with Gasteiger partial charge in [-0.3, -0.25) is 9.48 Å². The van der Waals surface area contributed by atoms with Crippen LogP contribution in [-0.2, 0) is 4.79 Å². The standard InChI is InChI=1S/C19H25FN4O2/c1-13-11-14(2)24(22-13)15(3)12-18(25)23-9-6-16(7-10-23)26-19-17(20)5-4-8-21-19/h4-5,8,11,15-16H,6-7,9-10,12H2,1-3H3. The van der Waals surface area contributed by atoms with Gasteiger partial charge in [0.15, 0.2) is 5.82 Å². The van der Waals surface area contributed by atoms with E-state index < -0.39 is 5.82 Å². The lowest BCUT2D eigenvalue weighted by Crippen LogP contribution is -2.42. The van der Waals surface area contributed by atoms with Crippen molar-refractivity contribution in [3.8, 4) is 5.88 Å². The van der Waals surface area contributed by atoms with Crippen molar-refractivity contribution in [3.63, 3.8) is 0 Å². The summed E-state index contributed by atoms with van der Waals surface area (Å²) in [4.78, 5) is 18.4. The largest absolute Gasteiger partial charge is 0.472 e. The van der Waals surface area contributed by atoms with Gasteiger partial charge in [0.05, 0.1) is 11.7 Å². The molecular formula is C19H25FN4O2. The minimum Gasteiger partial charge on any atom is -0.472 e. The van der Waals surface area contributed by atoms with Crippen molar-refractivity contribution < 1.29 is 13.9 Å². The van der Waals surface area contributed by atoms with Crippen molar-refractivity contribution >= 4 is 5.91 Å². The predicted molar refractivity (Wildman–Crippen MR) is 95.5 cm³/mol. The molecule has 0 bridgehead atoms. The molecule has 0 aromatic carbocycles. The number of hydrogen-bond donors (Lipinski definition) is 0. The SMILES string of the molecule is Cc1cc(C)n(C(C)CC(=O)N2CCC(Oc3ncccc3F)CC2)n1. The van der Waals surface area contributed by atoms with Crippen LogP contribution in [0.3, 0.4) is 0 Å². The van der Waals surface area contributed by atoms with E-state index in [9.17, 15) is 9.18 Å².